The van der Waals surface area contributed by atoms with Gasteiger partial charge in [-0.3, -0.25) is 4.79 Å². The molecule has 0 heterocycles. The minimum atomic E-state index is -0.859. The molecule has 1 saturated carbocycles. The van der Waals surface area contributed by atoms with Gasteiger partial charge in [0.15, 0.2) is 0 Å². The predicted octanol–water partition coefficient (Wildman–Crippen LogP) is 1.85. The van der Waals surface area contributed by atoms with Gasteiger partial charge in [0, 0.05) is 6.42 Å². The normalized spacial score (nSPS) is 25.9. The maximum atomic E-state index is 11.9. The van der Waals surface area contributed by atoms with Crippen LogP contribution in [0.1, 0.15) is 36.0 Å². The smallest absolute Gasteiger partial charge is 0.338 e. The van der Waals surface area contributed by atoms with Gasteiger partial charge in [-0.25, -0.2) is 4.79 Å². The first kappa shape index (κ1) is 14.5. The van der Waals surface area contributed by atoms with Gasteiger partial charge in [0.1, 0.15) is 6.10 Å². The van der Waals surface area contributed by atoms with E-state index in [0.29, 0.717) is 24.8 Å². The highest BCUT2D eigenvalue weighted by Gasteiger charge is 2.32. The van der Waals surface area contributed by atoms with Crippen LogP contribution in [0.4, 0.5) is 0 Å². The van der Waals surface area contributed by atoms with E-state index in [1.54, 1.807) is 24.3 Å². The van der Waals surface area contributed by atoms with Crippen LogP contribution in [0, 0.1) is 5.92 Å². The number of aliphatic hydroxyl groups excluding tert-OH is 1. The number of carbonyl (C=O) groups is 2. The molecule has 2 rings (SSSR count). The molecule has 0 bridgehead atoms. The quantitative estimate of drug-likeness (QED) is 0.821. The SMILES string of the molecule is O=C(O)CC1CCC(OC(=O)c2ccccc2)C(O)C1. The van der Waals surface area contributed by atoms with E-state index >= 15 is 0 Å². The Balaban J connectivity index is 1.89. The van der Waals surface area contributed by atoms with Gasteiger partial charge < -0.3 is 14.9 Å². The molecule has 1 aliphatic carbocycles. The van der Waals surface area contributed by atoms with Gasteiger partial charge >= 0.3 is 11.9 Å². The van der Waals surface area contributed by atoms with Gasteiger partial charge in [0.2, 0.25) is 0 Å². The van der Waals surface area contributed by atoms with E-state index < -0.39 is 24.1 Å². The number of aliphatic carboxylic acids is 1. The fourth-order valence-electron chi connectivity index (χ4n) is 2.55. The standard InChI is InChI=1S/C15H18O5/c16-12-8-10(9-14(17)18)6-7-13(12)20-15(19)11-4-2-1-3-5-11/h1-5,10,12-13,16H,6-9H2,(H,17,18). The zero-order valence-electron chi connectivity index (χ0n) is 11.1. The van der Waals surface area contributed by atoms with E-state index in [2.05, 4.69) is 0 Å². The van der Waals surface area contributed by atoms with Crippen LogP contribution in [0.2, 0.25) is 0 Å². The monoisotopic (exact) mass is 278 g/mol. The average Bonchev–Trinajstić information content (AvgIpc) is 2.42. The van der Waals surface area contributed by atoms with Crippen LogP contribution >= 0.6 is 0 Å². The number of benzene rings is 1. The molecule has 3 unspecified atom stereocenters. The number of carboxylic acid groups (broad SMARTS) is 1. The molecular formula is C15H18O5. The van der Waals surface area contributed by atoms with Crippen LogP contribution in [0.15, 0.2) is 30.3 Å². The maximum Gasteiger partial charge on any atom is 0.338 e. The lowest BCUT2D eigenvalue weighted by molar-refractivity contribution is -0.139. The van der Waals surface area contributed by atoms with Crippen molar-refractivity contribution in [2.75, 3.05) is 0 Å². The van der Waals surface area contributed by atoms with Crippen molar-refractivity contribution in [2.24, 2.45) is 5.92 Å². The van der Waals surface area contributed by atoms with Crippen molar-refractivity contribution in [1.82, 2.24) is 0 Å². The Morgan fingerprint density at radius 1 is 1.20 bits per heavy atom. The van der Waals surface area contributed by atoms with Gasteiger partial charge in [-0.1, -0.05) is 18.2 Å². The lowest BCUT2D eigenvalue weighted by Crippen LogP contribution is -2.37. The summed E-state index contributed by atoms with van der Waals surface area (Å²) in [5.41, 5.74) is 0.451. The predicted molar refractivity (Wildman–Crippen MR) is 71.2 cm³/mol. The number of carbonyl (C=O) groups excluding carboxylic acids is 1. The van der Waals surface area contributed by atoms with Gasteiger partial charge in [0.25, 0.3) is 0 Å². The third-order valence-corrected chi connectivity index (χ3v) is 3.59. The topological polar surface area (TPSA) is 83.8 Å². The van der Waals surface area contributed by atoms with E-state index in [0.717, 1.165) is 0 Å². The van der Waals surface area contributed by atoms with Crippen molar-refractivity contribution in [3.63, 3.8) is 0 Å². The molecule has 0 aliphatic heterocycles. The minimum absolute atomic E-state index is 0.0471. The van der Waals surface area contributed by atoms with Crippen LogP contribution < -0.4 is 0 Å². The molecule has 2 N–H and O–H groups in total. The molecule has 5 nitrogen and oxygen atoms in total. The van der Waals surface area contributed by atoms with Crippen molar-refractivity contribution < 1.29 is 24.5 Å². The third kappa shape index (κ3) is 3.81. The highest BCUT2D eigenvalue weighted by Crippen LogP contribution is 2.29. The van der Waals surface area contributed by atoms with Crippen molar-refractivity contribution in [2.45, 2.75) is 37.9 Å². The molecule has 20 heavy (non-hydrogen) atoms. The first-order valence-electron chi connectivity index (χ1n) is 6.72. The number of hydrogen-bond acceptors (Lipinski definition) is 4. The van der Waals surface area contributed by atoms with Gasteiger partial charge in [-0.2, -0.15) is 0 Å². The summed E-state index contributed by atoms with van der Waals surface area (Å²) in [7, 11) is 0. The number of rotatable bonds is 4. The Labute approximate surface area is 117 Å². The first-order valence-corrected chi connectivity index (χ1v) is 6.72. The number of esters is 1. The Morgan fingerprint density at radius 3 is 2.50 bits per heavy atom. The molecule has 0 aromatic heterocycles. The fraction of sp³-hybridized carbons (Fsp3) is 0.467. The molecule has 1 aromatic rings. The second-order valence-corrected chi connectivity index (χ2v) is 5.15. The summed E-state index contributed by atoms with van der Waals surface area (Å²) in [6.45, 7) is 0. The van der Waals surface area contributed by atoms with Gasteiger partial charge in [0.05, 0.1) is 11.7 Å². The number of hydrogen-bond donors (Lipinski definition) is 2. The van der Waals surface area contributed by atoms with Gasteiger partial charge in [-0.15, -0.1) is 0 Å². The van der Waals surface area contributed by atoms with Crippen molar-refractivity contribution in [3.8, 4) is 0 Å². The van der Waals surface area contributed by atoms with E-state index in [9.17, 15) is 14.7 Å². The average molecular weight is 278 g/mol. The molecule has 0 saturated heterocycles. The number of aliphatic hydroxyl groups is 1. The highest BCUT2D eigenvalue weighted by atomic mass is 16.6. The van der Waals surface area contributed by atoms with E-state index in [4.69, 9.17) is 9.84 Å². The summed E-state index contributed by atoms with van der Waals surface area (Å²) in [6, 6.07) is 8.62. The highest BCUT2D eigenvalue weighted by molar-refractivity contribution is 5.89. The summed E-state index contributed by atoms with van der Waals surface area (Å²) in [6.07, 6.45) is 0.219. The maximum absolute atomic E-state index is 11.9. The second-order valence-electron chi connectivity index (χ2n) is 5.15. The lowest BCUT2D eigenvalue weighted by Gasteiger charge is -2.32. The Bertz CT molecular complexity index is 470. The van der Waals surface area contributed by atoms with Crippen molar-refractivity contribution in [3.05, 3.63) is 35.9 Å². The molecule has 1 aliphatic rings. The summed E-state index contributed by atoms with van der Waals surface area (Å²) >= 11 is 0. The first-order chi connectivity index (χ1) is 9.56. The number of carboxylic acids is 1. The van der Waals surface area contributed by atoms with Crippen molar-refractivity contribution in [1.29, 1.82) is 0 Å². The summed E-state index contributed by atoms with van der Waals surface area (Å²) in [5, 5.41) is 18.7. The summed E-state index contributed by atoms with van der Waals surface area (Å²) in [5.74, 6) is -1.36. The minimum Gasteiger partial charge on any atom is -0.481 e. The molecule has 3 atom stereocenters. The van der Waals surface area contributed by atoms with Crippen LogP contribution in [0.5, 0.6) is 0 Å². The van der Waals surface area contributed by atoms with Crippen LogP contribution in [-0.2, 0) is 9.53 Å². The molecule has 0 spiro atoms. The summed E-state index contributed by atoms with van der Waals surface area (Å²) in [4.78, 5) is 22.5. The molecule has 0 amide bonds. The summed E-state index contributed by atoms with van der Waals surface area (Å²) < 4.78 is 5.31. The Kier molecular flexibility index (Phi) is 4.74. The van der Waals surface area contributed by atoms with Crippen molar-refractivity contribution >= 4 is 11.9 Å². The molecule has 108 valence electrons. The lowest BCUT2D eigenvalue weighted by atomic mass is 9.83. The molecule has 5 heteroatoms. The number of ether oxygens (including phenoxy) is 1. The Hall–Kier alpha value is -1.88. The zero-order valence-corrected chi connectivity index (χ0v) is 11.1. The third-order valence-electron chi connectivity index (χ3n) is 3.59. The molecular weight excluding hydrogens is 260 g/mol. The van der Waals surface area contributed by atoms with E-state index in [1.165, 1.54) is 0 Å². The van der Waals surface area contributed by atoms with Crippen LogP contribution in [0.25, 0.3) is 0 Å². The largest absolute Gasteiger partial charge is 0.481 e. The molecule has 1 fully saturated rings. The molecule has 1 aromatic carbocycles. The van der Waals surface area contributed by atoms with E-state index in [1.807, 2.05) is 6.07 Å². The van der Waals surface area contributed by atoms with Crippen LogP contribution in [-0.4, -0.2) is 34.4 Å². The van der Waals surface area contributed by atoms with Crippen LogP contribution in [0.3, 0.4) is 0 Å². The molecule has 0 radical (unpaired) electrons. The Morgan fingerprint density at radius 2 is 1.90 bits per heavy atom. The second kappa shape index (κ2) is 6.52. The van der Waals surface area contributed by atoms with Gasteiger partial charge in [-0.05, 0) is 37.3 Å². The van der Waals surface area contributed by atoms with E-state index in [-0.39, 0.29) is 12.3 Å². The zero-order chi connectivity index (χ0) is 14.5. The fourth-order valence-corrected chi connectivity index (χ4v) is 2.55.